The zero-order valence-electron chi connectivity index (χ0n) is 10.8. The number of benzene rings is 1. The van der Waals surface area contributed by atoms with Crippen molar-refractivity contribution in [2.45, 2.75) is 6.92 Å². The van der Waals surface area contributed by atoms with Crippen molar-refractivity contribution < 1.29 is 14.6 Å². The Labute approximate surface area is 107 Å². The maximum absolute atomic E-state index is 12.2. The number of amides is 1. The summed E-state index contributed by atoms with van der Waals surface area (Å²) in [6.45, 7) is 3.58. The highest BCUT2D eigenvalue weighted by Crippen LogP contribution is 2.20. The lowest BCUT2D eigenvalue weighted by Crippen LogP contribution is -2.37. The molecule has 5 heteroatoms. The van der Waals surface area contributed by atoms with Gasteiger partial charge in [0.15, 0.2) is 0 Å². The topological polar surface area (TPSA) is 75.8 Å². The van der Waals surface area contributed by atoms with E-state index in [4.69, 9.17) is 10.5 Å². The average molecular weight is 252 g/mol. The van der Waals surface area contributed by atoms with Crippen LogP contribution in [0.5, 0.6) is 5.75 Å². The summed E-state index contributed by atoms with van der Waals surface area (Å²) >= 11 is 0. The van der Waals surface area contributed by atoms with Crippen LogP contribution in [0.25, 0.3) is 0 Å². The van der Waals surface area contributed by atoms with Gasteiger partial charge in [-0.15, -0.1) is 0 Å². The molecule has 0 saturated heterocycles. The minimum Gasteiger partial charge on any atom is -0.507 e. The third-order valence-corrected chi connectivity index (χ3v) is 2.64. The molecule has 0 aliphatic heterocycles. The summed E-state index contributed by atoms with van der Waals surface area (Å²) in [5, 5.41) is 9.79. The molecule has 100 valence electrons. The lowest BCUT2D eigenvalue weighted by molar-refractivity contribution is 0.0698. The van der Waals surface area contributed by atoms with E-state index < -0.39 is 0 Å². The van der Waals surface area contributed by atoms with E-state index in [1.807, 2.05) is 6.92 Å². The van der Waals surface area contributed by atoms with Crippen LogP contribution in [-0.2, 0) is 4.74 Å². The number of carbonyl (C=O) groups is 1. The van der Waals surface area contributed by atoms with Crippen LogP contribution in [0.15, 0.2) is 18.2 Å². The van der Waals surface area contributed by atoms with E-state index in [0.717, 1.165) is 5.56 Å². The van der Waals surface area contributed by atoms with E-state index in [1.165, 1.54) is 0 Å². The third-order valence-electron chi connectivity index (χ3n) is 2.64. The van der Waals surface area contributed by atoms with Gasteiger partial charge >= 0.3 is 0 Å². The van der Waals surface area contributed by atoms with Crippen molar-refractivity contribution in [1.29, 1.82) is 0 Å². The zero-order valence-corrected chi connectivity index (χ0v) is 10.8. The molecule has 0 radical (unpaired) electrons. The zero-order chi connectivity index (χ0) is 13.5. The fraction of sp³-hybridized carbons (Fsp3) is 0.462. The quantitative estimate of drug-likeness (QED) is 0.783. The molecule has 1 aromatic rings. The average Bonchev–Trinajstić information content (AvgIpc) is 2.33. The molecule has 0 bridgehead atoms. The van der Waals surface area contributed by atoms with Gasteiger partial charge in [-0.1, -0.05) is 6.07 Å². The van der Waals surface area contributed by atoms with Gasteiger partial charge in [0, 0.05) is 26.7 Å². The highest BCUT2D eigenvalue weighted by atomic mass is 16.5. The number of rotatable bonds is 6. The standard InChI is InChI=1S/C13H20N2O3/c1-10-3-4-11(12(16)9-10)13(17)15(6-5-14)7-8-18-2/h3-4,9,16H,5-8,14H2,1-2H3. The molecule has 0 heterocycles. The normalized spacial score (nSPS) is 10.4. The summed E-state index contributed by atoms with van der Waals surface area (Å²) in [7, 11) is 1.58. The van der Waals surface area contributed by atoms with Gasteiger partial charge in [0.2, 0.25) is 0 Å². The Morgan fingerprint density at radius 3 is 2.72 bits per heavy atom. The van der Waals surface area contributed by atoms with Crippen molar-refractivity contribution in [3.63, 3.8) is 0 Å². The Morgan fingerprint density at radius 1 is 1.44 bits per heavy atom. The van der Waals surface area contributed by atoms with Crippen molar-refractivity contribution in [3.05, 3.63) is 29.3 Å². The fourth-order valence-corrected chi connectivity index (χ4v) is 1.67. The van der Waals surface area contributed by atoms with Crippen LogP contribution in [0.3, 0.4) is 0 Å². The summed E-state index contributed by atoms with van der Waals surface area (Å²) in [5.41, 5.74) is 6.69. The van der Waals surface area contributed by atoms with Gasteiger partial charge in [-0.3, -0.25) is 4.79 Å². The maximum atomic E-state index is 12.2. The smallest absolute Gasteiger partial charge is 0.257 e. The minimum atomic E-state index is -0.227. The van der Waals surface area contributed by atoms with Crippen LogP contribution in [-0.4, -0.2) is 49.3 Å². The van der Waals surface area contributed by atoms with E-state index in [0.29, 0.717) is 31.8 Å². The minimum absolute atomic E-state index is 0.000520. The first-order valence-electron chi connectivity index (χ1n) is 5.88. The largest absolute Gasteiger partial charge is 0.507 e. The van der Waals surface area contributed by atoms with Gasteiger partial charge < -0.3 is 20.5 Å². The number of phenols is 1. The number of aromatic hydroxyl groups is 1. The number of nitrogens with two attached hydrogens (primary N) is 1. The molecule has 0 aliphatic rings. The van der Waals surface area contributed by atoms with Gasteiger partial charge in [0.1, 0.15) is 5.75 Å². The summed E-state index contributed by atoms with van der Waals surface area (Å²) in [4.78, 5) is 13.8. The van der Waals surface area contributed by atoms with E-state index in [1.54, 1.807) is 30.2 Å². The molecule has 0 fully saturated rings. The number of carbonyl (C=O) groups excluding carboxylic acids is 1. The highest BCUT2D eigenvalue weighted by molar-refractivity contribution is 5.96. The molecule has 0 spiro atoms. The van der Waals surface area contributed by atoms with Gasteiger partial charge in [0.05, 0.1) is 12.2 Å². The monoisotopic (exact) mass is 252 g/mol. The molecule has 0 aliphatic carbocycles. The Hall–Kier alpha value is -1.59. The third kappa shape index (κ3) is 3.72. The Kier molecular flexibility index (Phi) is 5.61. The predicted molar refractivity (Wildman–Crippen MR) is 69.7 cm³/mol. The second-order valence-electron chi connectivity index (χ2n) is 4.09. The Morgan fingerprint density at radius 2 is 2.17 bits per heavy atom. The van der Waals surface area contributed by atoms with Crippen molar-refractivity contribution in [1.82, 2.24) is 4.90 Å². The van der Waals surface area contributed by atoms with Crippen molar-refractivity contribution in [3.8, 4) is 5.75 Å². The number of hydrogen-bond acceptors (Lipinski definition) is 4. The summed E-state index contributed by atoms with van der Waals surface area (Å²) < 4.78 is 4.96. The molecule has 1 aromatic carbocycles. The van der Waals surface area contributed by atoms with Gasteiger partial charge in [0.25, 0.3) is 5.91 Å². The number of nitrogens with zero attached hydrogens (tertiary/aromatic N) is 1. The van der Waals surface area contributed by atoms with Crippen LogP contribution < -0.4 is 5.73 Å². The number of ether oxygens (including phenoxy) is 1. The van der Waals surface area contributed by atoms with Crippen LogP contribution in [0.1, 0.15) is 15.9 Å². The van der Waals surface area contributed by atoms with E-state index in [2.05, 4.69) is 0 Å². The molecule has 0 unspecified atom stereocenters. The van der Waals surface area contributed by atoms with Crippen molar-refractivity contribution in [2.24, 2.45) is 5.73 Å². The van der Waals surface area contributed by atoms with E-state index in [9.17, 15) is 9.90 Å². The first kappa shape index (κ1) is 14.5. The number of hydrogen-bond donors (Lipinski definition) is 2. The Bertz CT molecular complexity index is 407. The first-order valence-corrected chi connectivity index (χ1v) is 5.88. The van der Waals surface area contributed by atoms with Gasteiger partial charge in [-0.25, -0.2) is 0 Å². The molecule has 0 aromatic heterocycles. The second-order valence-corrected chi connectivity index (χ2v) is 4.09. The molecule has 1 amide bonds. The lowest BCUT2D eigenvalue weighted by atomic mass is 10.1. The highest BCUT2D eigenvalue weighted by Gasteiger charge is 2.18. The summed E-state index contributed by atoms with van der Waals surface area (Å²) in [6, 6.07) is 5.00. The summed E-state index contributed by atoms with van der Waals surface area (Å²) in [6.07, 6.45) is 0. The maximum Gasteiger partial charge on any atom is 0.257 e. The van der Waals surface area contributed by atoms with Gasteiger partial charge in [-0.05, 0) is 24.6 Å². The number of methoxy groups -OCH3 is 1. The second kappa shape index (κ2) is 6.98. The van der Waals surface area contributed by atoms with Crippen LogP contribution in [0.4, 0.5) is 0 Å². The van der Waals surface area contributed by atoms with Crippen LogP contribution in [0, 0.1) is 6.92 Å². The van der Waals surface area contributed by atoms with Crippen molar-refractivity contribution in [2.75, 3.05) is 33.4 Å². The molecule has 1 rings (SSSR count). The molecular weight excluding hydrogens is 232 g/mol. The molecule has 3 N–H and O–H groups in total. The van der Waals surface area contributed by atoms with Gasteiger partial charge in [-0.2, -0.15) is 0 Å². The van der Waals surface area contributed by atoms with Crippen LogP contribution >= 0.6 is 0 Å². The molecule has 18 heavy (non-hydrogen) atoms. The predicted octanol–water partition coefficient (Wildman–Crippen LogP) is 0.748. The lowest BCUT2D eigenvalue weighted by Gasteiger charge is -2.22. The molecule has 0 atom stereocenters. The number of phenolic OH excluding ortho intramolecular Hbond substituents is 1. The molecule has 0 saturated carbocycles. The number of aryl methyl sites for hydroxylation is 1. The first-order chi connectivity index (χ1) is 8.60. The molecular formula is C13H20N2O3. The molecule has 5 nitrogen and oxygen atoms in total. The Balaban J connectivity index is 2.87. The van der Waals surface area contributed by atoms with Crippen LogP contribution in [0.2, 0.25) is 0 Å². The van der Waals surface area contributed by atoms with E-state index >= 15 is 0 Å². The van der Waals surface area contributed by atoms with E-state index in [-0.39, 0.29) is 11.7 Å². The summed E-state index contributed by atoms with van der Waals surface area (Å²) in [5.74, 6) is -0.227. The van der Waals surface area contributed by atoms with Crippen molar-refractivity contribution >= 4 is 5.91 Å². The fourth-order valence-electron chi connectivity index (χ4n) is 1.67. The SMILES string of the molecule is COCCN(CCN)C(=O)c1ccc(C)cc1O.